The molecule has 0 atom stereocenters. The number of thiazole rings is 1. The van der Waals surface area contributed by atoms with Crippen molar-refractivity contribution in [3.63, 3.8) is 0 Å². The lowest BCUT2D eigenvalue weighted by Gasteiger charge is -2.29. The molecule has 0 saturated heterocycles. The molecule has 2 aromatic carbocycles. The molecule has 7 heteroatoms. The molecule has 29 heavy (non-hydrogen) atoms. The van der Waals surface area contributed by atoms with Crippen LogP contribution in [0.15, 0.2) is 53.5 Å². The smallest absolute Gasteiger partial charge is 0.258 e. The number of carbonyl (C=O) groups excluding carboxylic acids is 2. The molecule has 0 unspecified atom stereocenters. The van der Waals surface area contributed by atoms with Crippen molar-refractivity contribution in [2.75, 3.05) is 23.0 Å². The Morgan fingerprint density at radius 2 is 1.90 bits per heavy atom. The maximum atomic E-state index is 12.7. The van der Waals surface area contributed by atoms with Crippen molar-refractivity contribution in [1.82, 2.24) is 4.57 Å². The van der Waals surface area contributed by atoms with Gasteiger partial charge in [0.25, 0.3) is 5.91 Å². The van der Waals surface area contributed by atoms with Crippen LogP contribution in [0.3, 0.4) is 0 Å². The normalized spacial score (nSPS) is 14.2. The highest BCUT2D eigenvalue weighted by Crippen LogP contribution is 2.27. The van der Waals surface area contributed by atoms with Crippen LogP contribution in [0.4, 0.5) is 5.69 Å². The van der Waals surface area contributed by atoms with Crippen LogP contribution in [0.5, 0.6) is 0 Å². The minimum Gasteiger partial charge on any atom is -0.317 e. The fraction of sp³-hybridized carbons (Fsp3) is 0.318. The van der Waals surface area contributed by atoms with Gasteiger partial charge in [-0.05, 0) is 43.5 Å². The molecule has 1 aromatic heterocycles. The third-order valence-electron chi connectivity index (χ3n) is 4.99. The van der Waals surface area contributed by atoms with Gasteiger partial charge in [-0.25, -0.2) is 0 Å². The van der Waals surface area contributed by atoms with Gasteiger partial charge in [0.15, 0.2) is 4.80 Å². The number of amides is 2. The number of anilines is 1. The number of para-hydroxylation sites is 2. The summed E-state index contributed by atoms with van der Waals surface area (Å²) in [5.74, 6) is 0.352. The monoisotopic (exact) mass is 425 g/mol. The number of hydrogen-bond donors (Lipinski definition) is 0. The zero-order chi connectivity index (χ0) is 20.2. The molecule has 0 N–H and O–H groups in total. The van der Waals surface area contributed by atoms with Gasteiger partial charge < -0.3 is 9.47 Å². The van der Waals surface area contributed by atoms with Crippen LogP contribution in [-0.4, -0.2) is 34.4 Å². The number of hydrogen-bond acceptors (Lipinski definition) is 4. The Bertz CT molecular complexity index is 1120. The molecule has 5 nitrogen and oxygen atoms in total. The van der Waals surface area contributed by atoms with E-state index in [2.05, 4.69) is 15.6 Å². The van der Waals surface area contributed by atoms with E-state index in [-0.39, 0.29) is 23.3 Å². The van der Waals surface area contributed by atoms with E-state index in [1.165, 1.54) is 28.7 Å². The zero-order valence-corrected chi connectivity index (χ0v) is 18.0. The second kappa shape index (κ2) is 8.97. The van der Waals surface area contributed by atoms with E-state index in [0.29, 0.717) is 0 Å². The molecule has 0 spiro atoms. The molecular formula is C22H23N3O2S2. The topological polar surface area (TPSA) is 54.7 Å². The molecule has 0 fully saturated rings. The number of fused-ring (bicyclic) bond motifs is 2. The number of nitrogens with zero attached hydrogens (tertiary/aromatic N) is 3. The number of benzene rings is 2. The van der Waals surface area contributed by atoms with Gasteiger partial charge >= 0.3 is 0 Å². The van der Waals surface area contributed by atoms with Crippen molar-refractivity contribution >= 4 is 50.8 Å². The Morgan fingerprint density at radius 1 is 1.10 bits per heavy atom. The first kappa shape index (κ1) is 19.9. The first-order valence-corrected chi connectivity index (χ1v) is 11.8. The summed E-state index contributed by atoms with van der Waals surface area (Å²) in [6.07, 6.45) is 1.99. The molecule has 1 aliphatic rings. The van der Waals surface area contributed by atoms with E-state index >= 15 is 0 Å². The molecular weight excluding hydrogens is 402 g/mol. The Morgan fingerprint density at radius 3 is 2.76 bits per heavy atom. The van der Waals surface area contributed by atoms with E-state index in [1.54, 1.807) is 0 Å². The SMILES string of the molecule is CCn1c(=NC(=O)CSCC(=O)N2CCCc3ccccc32)sc2ccccc21. The van der Waals surface area contributed by atoms with Gasteiger partial charge in [0.2, 0.25) is 5.91 Å². The molecule has 4 rings (SSSR count). The predicted octanol–water partition coefficient (Wildman–Crippen LogP) is 3.86. The van der Waals surface area contributed by atoms with Crippen molar-refractivity contribution in [3.8, 4) is 0 Å². The lowest BCUT2D eigenvalue weighted by atomic mass is 10.0. The molecule has 0 radical (unpaired) electrons. The summed E-state index contributed by atoms with van der Waals surface area (Å²) in [6, 6.07) is 16.1. The summed E-state index contributed by atoms with van der Waals surface area (Å²) in [5.41, 5.74) is 3.32. The van der Waals surface area contributed by atoms with Crippen LogP contribution >= 0.6 is 23.1 Å². The number of rotatable bonds is 5. The van der Waals surface area contributed by atoms with Crippen LogP contribution in [0, 0.1) is 0 Å². The Hall–Kier alpha value is -2.38. The Kier molecular flexibility index (Phi) is 6.16. The van der Waals surface area contributed by atoms with Crippen LogP contribution in [0.1, 0.15) is 18.9 Å². The van der Waals surface area contributed by atoms with Crippen LogP contribution < -0.4 is 9.70 Å². The average molecular weight is 426 g/mol. The Labute approximate surface area is 178 Å². The van der Waals surface area contributed by atoms with E-state index < -0.39 is 0 Å². The fourth-order valence-corrected chi connectivity index (χ4v) is 5.43. The van der Waals surface area contributed by atoms with Crippen molar-refractivity contribution in [1.29, 1.82) is 0 Å². The molecule has 0 saturated carbocycles. The van der Waals surface area contributed by atoms with Gasteiger partial charge in [-0.2, -0.15) is 4.99 Å². The van der Waals surface area contributed by atoms with Crippen LogP contribution in [-0.2, 0) is 22.6 Å². The van der Waals surface area contributed by atoms with Crippen molar-refractivity contribution < 1.29 is 9.59 Å². The number of carbonyl (C=O) groups is 2. The summed E-state index contributed by atoms with van der Waals surface area (Å²) in [4.78, 5) is 32.0. The second-order valence-corrected chi connectivity index (χ2v) is 8.87. The van der Waals surface area contributed by atoms with Gasteiger partial charge in [-0.15, -0.1) is 11.8 Å². The third-order valence-corrected chi connectivity index (χ3v) is 6.95. The molecule has 1 aliphatic heterocycles. The average Bonchev–Trinajstić information content (AvgIpc) is 3.10. The zero-order valence-electron chi connectivity index (χ0n) is 16.3. The highest BCUT2D eigenvalue weighted by atomic mass is 32.2. The summed E-state index contributed by atoms with van der Waals surface area (Å²) >= 11 is 2.86. The maximum Gasteiger partial charge on any atom is 0.258 e. The van der Waals surface area contributed by atoms with Gasteiger partial charge in [0, 0.05) is 18.8 Å². The summed E-state index contributed by atoms with van der Waals surface area (Å²) < 4.78 is 3.17. The Balaban J connectivity index is 1.40. The number of aromatic nitrogens is 1. The van der Waals surface area contributed by atoms with Gasteiger partial charge in [0.05, 0.1) is 21.7 Å². The van der Waals surface area contributed by atoms with Crippen molar-refractivity contribution in [2.24, 2.45) is 4.99 Å². The van der Waals surface area contributed by atoms with Gasteiger partial charge in [0.1, 0.15) is 0 Å². The maximum absolute atomic E-state index is 12.7. The first-order chi connectivity index (χ1) is 14.2. The lowest BCUT2D eigenvalue weighted by molar-refractivity contribution is -0.116. The van der Waals surface area contributed by atoms with Gasteiger partial charge in [-0.3, -0.25) is 9.59 Å². The van der Waals surface area contributed by atoms with E-state index in [9.17, 15) is 9.59 Å². The minimum absolute atomic E-state index is 0.0560. The van der Waals surface area contributed by atoms with E-state index in [0.717, 1.165) is 46.6 Å². The largest absolute Gasteiger partial charge is 0.317 e. The first-order valence-electron chi connectivity index (χ1n) is 9.79. The molecule has 0 bridgehead atoms. The predicted molar refractivity (Wildman–Crippen MR) is 121 cm³/mol. The number of thioether (sulfide) groups is 1. The summed E-state index contributed by atoms with van der Waals surface area (Å²) in [5, 5.41) is 0. The molecule has 2 heterocycles. The number of aryl methyl sites for hydroxylation is 2. The second-order valence-electron chi connectivity index (χ2n) is 6.87. The molecule has 0 aliphatic carbocycles. The minimum atomic E-state index is -0.199. The summed E-state index contributed by atoms with van der Waals surface area (Å²) in [7, 11) is 0. The van der Waals surface area contributed by atoms with Crippen LogP contribution in [0.2, 0.25) is 0 Å². The van der Waals surface area contributed by atoms with Crippen molar-refractivity contribution in [3.05, 3.63) is 58.9 Å². The van der Waals surface area contributed by atoms with E-state index in [1.807, 2.05) is 54.3 Å². The fourth-order valence-electron chi connectivity index (χ4n) is 3.65. The molecule has 2 amide bonds. The van der Waals surface area contributed by atoms with E-state index in [4.69, 9.17) is 0 Å². The highest BCUT2D eigenvalue weighted by molar-refractivity contribution is 8.00. The highest BCUT2D eigenvalue weighted by Gasteiger charge is 2.22. The van der Waals surface area contributed by atoms with Gasteiger partial charge in [-0.1, -0.05) is 41.7 Å². The van der Waals surface area contributed by atoms with Crippen molar-refractivity contribution in [2.45, 2.75) is 26.3 Å². The summed E-state index contributed by atoms with van der Waals surface area (Å²) in [6.45, 7) is 3.55. The standard InChI is InChI=1S/C22H23N3O2S2/c1-2-24-18-11-5-6-12-19(18)29-22(24)23-20(26)14-28-15-21(27)25-13-7-9-16-8-3-4-10-17(16)25/h3-6,8,10-12H,2,7,9,13-15H2,1H3. The van der Waals surface area contributed by atoms with Crippen LogP contribution in [0.25, 0.3) is 10.2 Å². The molecule has 3 aromatic rings. The molecule has 150 valence electrons. The quantitative estimate of drug-likeness (QED) is 0.624. The third kappa shape index (κ3) is 4.31. The lowest BCUT2D eigenvalue weighted by Crippen LogP contribution is -2.36.